The van der Waals surface area contributed by atoms with Gasteiger partial charge in [0.15, 0.2) is 0 Å². The Morgan fingerprint density at radius 3 is 0.514 bits per heavy atom. The normalized spacial score (nSPS) is 22.9. The molecule has 0 heterocycles. The molecule has 0 saturated heterocycles. The Labute approximate surface area is 840 Å². The van der Waals surface area contributed by atoms with Crippen molar-refractivity contribution in [3.8, 4) is 0 Å². The van der Waals surface area contributed by atoms with Gasteiger partial charge in [-0.05, 0) is 254 Å². The number of hydrogen-bond acceptors (Lipinski definition) is 0. The molecule has 14 heteroatoms. The maximum atomic E-state index is 13.7. The molecule has 7 aromatic carbocycles. The lowest BCUT2D eigenvalue weighted by atomic mass is 9.77. The van der Waals surface area contributed by atoms with Crippen LogP contribution in [0.3, 0.4) is 0 Å². The van der Waals surface area contributed by atoms with Crippen LogP contribution in [-0.4, -0.2) is 0 Å². The van der Waals surface area contributed by atoms with Crippen LogP contribution in [0.4, 0.5) is 61.5 Å². The highest BCUT2D eigenvalue weighted by Gasteiger charge is 2.29. The van der Waals surface area contributed by atoms with Crippen LogP contribution >= 0.6 is 0 Å². The molecule has 0 atom stereocenters. The minimum Gasteiger partial charge on any atom is -0.207 e. The molecular weight excluding hydrogens is 1780 g/mol. The molecule has 0 radical (unpaired) electrons. The van der Waals surface area contributed by atoms with Gasteiger partial charge in [-0.2, -0.15) is 0 Å². The Morgan fingerprint density at radius 1 is 0.164 bits per heavy atom. The van der Waals surface area contributed by atoms with Crippen LogP contribution in [0.1, 0.15) is 447 Å². The third-order valence-electron chi connectivity index (χ3n) is 33.4. The summed E-state index contributed by atoms with van der Waals surface area (Å²) in [6.45, 7) is 15.8. The van der Waals surface area contributed by atoms with E-state index < -0.39 is 52.4 Å². The van der Waals surface area contributed by atoms with Crippen LogP contribution in [0.5, 0.6) is 0 Å². The van der Waals surface area contributed by atoms with Gasteiger partial charge in [0.05, 0.1) is 0 Å². The third kappa shape index (κ3) is 47.8. The second kappa shape index (κ2) is 68.8. The number of rotatable bonds is 42. The van der Waals surface area contributed by atoms with Gasteiger partial charge in [-0.1, -0.05) is 406 Å². The first-order chi connectivity index (χ1) is 67.8. The van der Waals surface area contributed by atoms with Crippen molar-refractivity contribution in [3.05, 3.63) is 248 Å². The predicted molar refractivity (Wildman–Crippen MR) is 558 cm³/mol. The fourth-order valence-corrected chi connectivity index (χ4v) is 23.7. The van der Waals surface area contributed by atoms with Crippen molar-refractivity contribution in [2.45, 2.75) is 453 Å². The minimum absolute atomic E-state index is 0.384. The Kier molecular flexibility index (Phi) is 58.4. The zero-order chi connectivity index (χ0) is 101. The summed E-state index contributed by atoms with van der Waals surface area (Å²) < 4.78 is 185. The first-order valence-corrected chi connectivity index (χ1v) is 56.8. The SMILES string of the molecule is CC1CCC(CCc2ccc(F)cc2F)CC1.CCC1CCC(CCc2ccc(F)cc2F)CC1.CCCC1CCC(CCc2ccc(F)cc2F)CC1.CCCCC1CCC(CCc2ccc(F)cc2F)CC1.CCCCCC1CCC(CCc2ccc(F)cc2F)CC1.CCCCCCC1CCC(CCc2ccc(F)cc2F)CC1.CCCCCCCC1CCC(CCc2ccc(F)cc2F)CC1. The molecule has 0 spiro atoms. The van der Waals surface area contributed by atoms with Gasteiger partial charge in [0, 0.05) is 42.5 Å². The van der Waals surface area contributed by atoms with Gasteiger partial charge < -0.3 is 0 Å². The molecule has 0 aromatic heterocycles. The largest absolute Gasteiger partial charge is 0.207 e. The molecule has 7 fully saturated rings. The summed E-state index contributed by atoms with van der Waals surface area (Å²) in [6.07, 6.45) is 77.8. The molecule has 14 rings (SSSR count). The Hall–Kier alpha value is -6.44. The fraction of sp³-hybridized carbons (Fsp3) is 0.667. The summed E-state index contributed by atoms with van der Waals surface area (Å²) in [5, 5.41) is 0. The van der Waals surface area contributed by atoms with Gasteiger partial charge in [0.2, 0.25) is 0 Å². The van der Waals surface area contributed by atoms with Crippen molar-refractivity contribution in [1.82, 2.24) is 0 Å². The molecule has 7 aliphatic rings. The van der Waals surface area contributed by atoms with E-state index in [4.69, 9.17) is 0 Å². The monoisotopic (exact) mass is 1960 g/mol. The van der Waals surface area contributed by atoms with Crippen LogP contribution in [-0.2, 0) is 44.9 Å². The van der Waals surface area contributed by atoms with Crippen molar-refractivity contribution in [3.63, 3.8) is 0 Å². The van der Waals surface area contributed by atoms with Crippen molar-refractivity contribution < 1.29 is 61.5 Å². The molecule has 0 N–H and O–H groups in total. The summed E-state index contributed by atoms with van der Waals surface area (Å²) in [4.78, 5) is 0. The number of hydrogen-bond donors (Lipinski definition) is 0. The van der Waals surface area contributed by atoms with E-state index in [-0.39, 0.29) is 29.1 Å². The highest BCUT2D eigenvalue weighted by atomic mass is 19.2. The zero-order valence-corrected chi connectivity index (χ0v) is 87.5. The van der Waals surface area contributed by atoms with Crippen LogP contribution in [0, 0.1) is 164 Å². The molecular formula is C126H182F14. The first kappa shape index (κ1) is 119. The lowest BCUT2D eigenvalue weighted by molar-refractivity contribution is 0.248. The Balaban J connectivity index is 0.000000200. The topological polar surface area (TPSA) is 0 Å². The molecule has 0 aliphatic heterocycles. The zero-order valence-electron chi connectivity index (χ0n) is 87.5. The summed E-state index contributed by atoms with van der Waals surface area (Å²) in [5.41, 5.74) is 4.66. The van der Waals surface area contributed by atoms with Gasteiger partial charge in [0.1, 0.15) is 81.4 Å². The number of halogens is 14. The summed E-state index contributed by atoms with van der Waals surface area (Å²) in [5.74, 6) is 5.41. The van der Waals surface area contributed by atoms with Gasteiger partial charge >= 0.3 is 0 Å². The van der Waals surface area contributed by atoms with Crippen LogP contribution in [0.25, 0.3) is 0 Å². The second-order valence-corrected chi connectivity index (χ2v) is 44.3. The predicted octanol–water partition coefficient (Wildman–Crippen LogP) is 41.3. The lowest BCUT2D eigenvalue weighted by Crippen LogP contribution is -2.15. The van der Waals surface area contributed by atoms with Gasteiger partial charge in [-0.3, -0.25) is 0 Å². The lowest BCUT2D eigenvalue weighted by Gasteiger charge is -2.28. The van der Waals surface area contributed by atoms with E-state index in [9.17, 15) is 61.5 Å². The van der Waals surface area contributed by atoms with E-state index in [1.165, 1.54) is 357 Å². The van der Waals surface area contributed by atoms with E-state index in [1.54, 1.807) is 42.5 Å². The fourth-order valence-electron chi connectivity index (χ4n) is 23.7. The number of aryl methyl sites for hydroxylation is 7. The molecule has 140 heavy (non-hydrogen) atoms. The summed E-state index contributed by atoms with van der Waals surface area (Å²) in [7, 11) is 0. The van der Waals surface area contributed by atoms with Crippen molar-refractivity contribution >= 4 is 0 Å². The van der Waals surface area contributed by atoms with E-state index in [2.05, 4.69) is 48.5 Å². The third-order valence-corrected chi connectivity index (χ3v) is 33.4. The molecule has 0 bridgehead atoms. The Morgan fingerprint density at radius 2 is 0.321 bits per heavy atom. The first-order valence-electron chi connectivity index (χ1n) is 56.8. The second-order valence-electron chi connectivity index (χ2n) is 44.3. The molecule has 0 nitrogen and oxygen atoms in total. The molecule has 0 amide bonds. The molecule has 0 unspecified atom stereocenters. The number of unbranched alkanes of at least 4 members (excludes halogenated alkanes) is 10. The van der Waals surface area contributed by atoms with E-state index in [1.807, 2.05) is 0 Å². The van der Waals surface area contributed by atoms with Crippen LogP contribution in [0.15, 0.2) is 127 Å². The van der Waals surface area contributed by atoms with E-state index >= 15 is 0 Å². The smallest absolute Gasteiger partial charge is 0.129 e. The number of benzene rings is 7. The molecule has 784 valence electrons. The van der Waals surface area contributed by atoms with Crippen LogP contribution in [0.2, 0.25) is 0 Å². The van der Waals surface area contributed by atoms with E-state index in [0.29, 0.717) is 38.9 Å². The maximum Gasteiger partial charge on any atom is 0.129 e. The van der Waals surface area contributed by atoms with Crippen molar-refractivity contribution in [1.29, 1.82) is 0 Å². The summed E-state index contributed by atoms with van der Waals surface area (Å²) in [6, 6.07) is 27.6. The quantitative estimate of drug-likeness (QED) is 0.0264. The minimum atomic E-state index is -0.488. The summed E-state index contributed by atoms with van der Waals surface area (Å²) >= 11 is 0. The molecule has 7 aliphatic carbocycles. The van der Waals surface area contributed by atoms with Crippen molar-refractivity contribution in [2.24, 2.45) is 82.9 Å². The van der Waals surface area contributed by atoms with Crippen LogP contribution < -0.4 is 0 Å². The average Bonchev–Trinajstić information content (AvgIpc) is 0.884. The van der Waals surface area contributed by atoms with Gasteiger partial charge in [-0.25, -0.2) is 61.5 Å². The maximum absolute atomic E-state index is 13.7. The Bertz CT molecular complexity index is 4400. The highest BCUT2D eigenvalue weighted by Crippen LogP contribution is 2.42. The molecule has 7 aromatic rings. The van der Waals surface area contributed by atoms with Crippen molar-refractivity contribution in [2.75, 3.05) is 0 Å². The van der Waals surface area contributed by atoms with E-state index in [0.717, 1.165) is 215 Å². The van der Waals surface area contributed by atoms with Gasteiger partial charge in [0.25, 0.3) is 0 Å². The molecule has 7 saturated carbocycles. The average molecular weight is 1960 g/mol. The highest BCUT2D eigenvalue weighted by molar-refractivity contribution is 5.24. The van der Waals surface area contributed by atoms with Gasteiger partial charge in [-0.15, -0.1) is 0 Å². The standard InChI is InChI=1S/C21H32F2.C20H30F2.C19H28F2.C18H26F2.C17H24F2.C16H22F2.C15H20F2/c1-2-3-4-5-6-7-17-8-10-18(11-9-17)12-13-19-14-15-20(22)16-21(19)23;1-2-3-4-5-6-16-7-9-17(10-8-16)11-12-18-13-14-19(21)15-20(18)22;1-2-3-4-5-15-6-8-16(9-7-15)10-11-17-12-13-18(20)14-19(17)21;1-2-3-4-14-5-7-15(8-6-14)9-10-16-11-12-17(19)13-18(16)20;1-2-3-13-4-6-14(7-5-13)8-9-15-10-11-16(18)12-17(15)19;1-2-12-3-5-13(6-4-12)7-8-14-9-10-15(17)11-16(14)18;1-11-2-4-12(5-3-11)6-7-13-8-9-14(16)10-15(13)17/h14-18H,2-13H2,1H3;13-17H,2-12H2,1H3;12-16H,2-11H2,1H3;11-15H,2-10H2,1H3;10-14H,2-9H2,1H3;9-13H,2-8H2,1H3;8-12H,2-7H2,1H3.